The third kappa shape index (κ3) is 2.28. The van der Waals surface area contributed by atoms with Gasteiger partial charge in [-0.15, -0.1) is 0 Å². The van der Waals surface area contributed by atoms with Crippen molar-refractivity contribution < 1.29 is 15.0 Å². The van der Waals surface area contributed by atoms with Crippen LogP contribution in [0, 0.1) is 0 Å². The Morgan fingerprint density at radius 1 is 1.10 bits per heavy atom. The number of phenols is 2. The van der Waals surface area contributed by atoms with Crippen molar-refractivity contribution in [3.8, 4) is 11.5 Å². The van der Waals surface area contributed by atoms with Gasteiger partial charge in [-0.1, -0.05) is 29.5 Å². The van der Waals surface area contributed by atoms with Crippen LogP contribution >= 0.6 is 11.3 Å². The summed E-state index contributed by atoms with van der Waals surface area (Å²) in [4.78, 5) is 16.2. The molecule has 20 heavy (non-hydrogen) atoms. The first kappa shape index (κ1) is 12.4. The molecule has 3 rings (SSSR count). The van der Waals surface area contributed by atoms with Crippen molar-refractivity contribution in [1.29, 1.82) is 0 Å². The summed E-state index contributed by atoms with van der Waals surface area (Å²) in [6, 6.07) is 11.6. The lowest BCUT2D eigenvalue weighted by molar-refractivity contribution is 0.102. The summed E-state index contributed by atoms with van der Waals surface area (Å²) in [5, 5.41) is 21.9. The highest BCUT2D eigenvalue weighted by atomic mass is 32.1. The minimum atomic E-state index is -0.252. The highest BCUT2D eigenvalue weighted by Crippen LogP contribution is 2.34. The van der Waals surface area contributed by atoms with Gasteiger partial charge in [0.05, 0.1) is 10.2 Å². The molecule has 0 bridgehead atoms. The van der Waals surface area contributed by atoms with Crippen LogP contribution in [0.5, 0.6) is 11.5 Å². The van der Waals surface area contributed by atoms with E-state index in [0.29, 0.717) is 20.9 Å². The molecule has 100 valence electrons. The van der Waals surface area contributed by atoms with Gasteiger partial charge in [0.1, 0.15) is 0 Å². The molecular formula is C14H10N2O3S. The van der Waals surface area contributed by atoms with Gasteiger partial charge in [-0.2, -0.15) is 0 Å². The summed E-state index contributed by atoms with van der Waals surface area (Å²) in [6.07, 6.45) is 0. The maximum atomic E-state index is 12.0. The highest BCUT2D eigenvalue weighted by Gasteiger charge is 2.11. The number of carbonyl (C=O) groups excluding carboxylic acids is 1. The molecule has 3 aromatic rings. The standard InChI is InChI=1S/C14H10N2O3S/c17-10-6-9-12(7-11(10)18)20-14(15-9)16-13(19)8-4-2-1-3-5-8/h1-7,17-18H,(H,15,16,19). The average molecular weight is 286 g/mol. The Bertz CT molecular complexity index is 745. The molecule has 5 nitrogen and oxygen atoms in total. The second-order valence-corrected chi connectivity index (χ2v) is 5.18. The monoisotopic (exact) mass is 286 g/mol. The summed E-state index contributed by atoms with van der Waals surface area (Å²) >= 11 is 1.23. The van der Waals surface area contributed by atoms with E-state index >= 15 is 0 Å². The van der Waals surface area contributed by atoms with Gasteiger partial charge in [0.15, 0.2) is 16.6 Å². The maximum Gasteiger partial charge on any atom is 0.257 e. The summed E-state index contributed by atoms with van der Waals surface area (Å²) in [6.45, 7) is 0. The normalized spacial score (nSPS) is 10.6. The predicted octanol–water partition coefficient (Wildman–Crippen LogP) is 2.96. The van der Waals surface area contributed by atoms with Gasteiger partial charge < -0.3 is 10.2 Å². The van der Waals surface area contributed by atoms with Crippen LogP contribution < -0.4 is 5.32 Å². The van der Waals surface area contributed by atoms with Crippen molar-refractivity contribution in [1.82, 2.24) is 4.98 Å². The molecule has 0 atom stereocenters. The molecule has 0 aliphatic rings. The van der Waals surface area contributed by atoms with Crippen LogP contribution in [0.4, 0.5) is 5.13 Å². The number of amides is 1. The van der Waals surface area contributed by atoms with Crippen molar-refractivity contribution in [2.75, 3.05) is 5.32 Å². The van der Waals surface area contributed by atoms with Gasteiger partial charge in [-0.25, -0.2) is 4.98 Å². The molecule has 3 N–H and O–H groups in total. The number of thiazole rings is 1. The van der Waals surface area contributed by atoms with E-state index in [-0.39, 0.29) is 17.4 Å². The number of anilines is 1. The quantitative estimate of drug-likeness (QED) is 0.632. The molecule has 1 aromatic heterocycles. The molecule has 0 saturated heterocycles. The topological polar surface area (TPSA) is 82.5 Å². The number of phenolic OH excluding ortho intramolecular Hbond substituents is 2. The Hall–Kier alpha value is -2.60. The molecule has 6 heteroatoms. The van der Waals surface area contributed by atoms with E-state index in [2.05, 4.69) is 10.3 Å². The summed E-state index contributed by atoms with van der Waals surface area (Å²) in [5.74, 6) is -0.691. The first-order chi connectivity index (χ1) is 9.63. The number of hydrogen-bond donors (Lipinski definition) is 3. The largest absolute Gasteiger partial charge is 0.504 e. The lowest BCUT2D eigenvalue weighted by Crippen LogP contribution is -2.11. The van der Waals surface area contributed by atoms with Crippen molar-refractivity contribution in [2.45, 2.75) is 0 Å². The van der Waals surface area contributed by atoms with Crippen LogP contribution in [0.3, 0.4) is 0 Å². The summed E-state index contributed by atoms with van der Waals surface area (Å²) < 4.78 is 0.684. The lowest BCUT2D eigenvalue weighted by atomic mass is 10.2. The number of rotatable bonds is 2. The van der Waals surface area contributed by atoms with E-state index in [0.717, 1.165) is 0 Å². The van der Waals surface area contributed by atoms with Gasteiger partial charge in [0, 0.05) is 17.7 Å². The van der Waals surface area contributed by atoms with Crippen LogP contribution in [0.1, 0.15) is 10.4 Å². The van der Waals surface area contributed by atoms with Crippen LogP contribution in [0.25, 0.3) is 10.2 Å². The number of hydrogen-bond acceptors (Lipinski definition) is 5. The molecular weight excluding hydrogens is 276 g/mol. The van der Waals surface area contributed by atoms with Crippen molar-refractivity contribution in [3.05, 3.63) is 48.0 Å². The number of nitrogens with zero attached hydrogens (tertiary/aromatic N) is 1. The number of aromatic hydroxyl groups is 2. The Morgan fingerprint density at radius 3 is 2.55 bits per heavy atom. The molecule has 0 radical (unpaired) electrons. The fourth-order valence-electron chi connectivity index (χ4n) is 1.76. The zero-order valence-electron chi connectivity index (χ0n) is 10.2. The fourth-order valence-corrected chi connectivity index (χ4v) is 2.64. The minimum absolute atomic E-state index is 0.206. The second-order valence-electron chi connectivity index (χ2n) is 4.15. The zero-order chi connectivity index (χ0) is 14.1. The van der Waals surface area contributed by atoms with E-state index in [4.69, 9.17) is 0 Å². The number of fused-ring (bicyclic) bond motifs is 1. The smallest absolute Gasteiger partial charge is 0.257 e. The minimum Gasteiger partial charge on any atom is -0.504 e. The maximum absolute atomic E-state index is 12.0. The molecule has 0 spiro atoms. The third-order valence-electron chi connectivity index (χ3n) is 2.74. The Kier molecular flexibility index (Phi) is 3.00. The molecule has 0 aliphatic heterocycles. The lowest BCUT2D eigenvalue weighted by Gasteiger charge is -2.00. The average Bonchev–Trinajstić information content (AvgIpc) is 2.81. The summed E-state index contributed by atoms with van der Waals surface area (Å²) in [7, 11) is 0. The first-order valence-corrected chi connectivity index (χ1v) is 6.64. The first-order valence-electron chi connectivity index (χ1n) is 5.82. The second kappa shape index (κ2) is 4.82. The van der Waals surface area contributed by atoms with Crippen molar-refractivity contribution >= 4 is 32.6 Å². The third-order valence-corrected chi connectivity index (χ3v) is 3.67. The number of nitrogens with one attached hydrogen (secondary N) is 1. The molecule has 1 amide bonds. The molecule has 2 aromatic carbocycles. The Morgan fingerprint density at radius 2 is 1.80 bits per heavy atom. The zero-order valence-corrected chi connectivity index (χ0v) is 11.0. The fraction of sp³-hybridized carbons (Fsp3) is 0. The molecule has 1 heterocycles. The van der Waals surface area contributed by atoms with Gasteiger partial charge in [0.2, 0.25) is 0 Å². The summed E-state index contributed by atoms with van der Waals surface area (Å²) in [5.41, 5.74) is 1.06. The highest BCUT2D eigenvalue weighted by molar-refractivity contribution is 7.22. The van der Waals surface area contributed by atoms with E-state index in [1.165, 1.54) is 23.5 Å². The van der Waals surface area contributed by atoms with Crippen LogP contribution in [-0.2, 0) is 0 Å². The van der Waals surface area contributed by atoms with Crippen molar-refractivity contribution in [2.24, 2.45) is 0 Å². The van der Waals surface area contributed by atoms with Gasteiger partial charge in [-0.05, 0) is 12.1 Å². The number of carbonyl (C=O) groups is 1. The Balaban J connectivity index is 1.90. The van der Waals surface area contributed by atoms with Crippen LogP contribution in [0.2, 0.25) is 0 Å². The molecule has 0 fully saturated rings. The van der Waals surface area contributed by atoms with Crippen LogP contribution in [-0.4, -0.2) is 21.1 Å². The SMILES string of the molecule is O=C(Nc1nc2cc(O)c(O)cc2s1)c1ccccc1. The molecule has 0 aliphatic carbocycles. The van der Waals surface area contributed by atoms with Gasteiger partial charge >= 0.3 is 0 Å². The molecule has 0 unspecified atom stereocenters. The van der Waals surface area contributed by atoms with E-state index in [1.807, 2.05) is 6.07 Å². The van der Waals surface area contributed by atoms with Crippen molar-refractivity contribution in [3.63, 3.8) is 0 Å². The van der Waals surface area contributed by atoms with E-state index < -0.39 is 0 Å². The van der Waals surface area contributed by atoms with Gasteiger partial charge in [0.25, 0.3) is 5.91 Å². The van der Waals surface area contributed by atoms with E-state index in [1.54, 1.807) is 24.3 Å². The predicted molar refractivity (Wildman–Crippen MR) is 77.3 cm³/mol. The van der Waals surface area contributed by atoms with Gasteiger partial charge in [-0.3, -0.25) is 10.1 Å². The van der Waals surface area contributed by atoms with E-state index in [9.17, 15) is 15.0 Å². The molecule has 0 saturated carbocycles. The Labute approximate surface area is 118 Å². The number of aromatic nitrogens is 1. The number of benzene rings is 2. The van der Waals surface area contributed by atoms with Crippen LogP contribution in [0.15, 0.2) is 42.5 Å².